The molecule has 0 amide bonds. The minimum absolute atomic E-state index is 0.759. The molecule has 4 aromatic rings. The molecular formula is C25H18CoN5. The van der Waals surface area contributed by atoms with Crippen LogP contribution in [0.4, 0.5) is 0 Å². The molecule has 5 nitrogen and oxygen atoms in total. The van der Waals surface area contributed by atoms with E-state index in [4.69, 9.17) is 0 Å². The van der Waals surface area contributed by atoms with Crippen LogP contribution < -0.4 is 4.63 Å². The first-order valence-electron chi connectivity index (χ1n) is 9.78. The second kappa shape index (κ2) is 8.55. The van der Waals surface area contributed by atoms with E-state index in [1.165, 1.54) is 0 Å². The van der Waals surface area contributed by atoms with E-state index >= 15 is 0 Å². The van der Waals surface area contributed by atoms with Crippen molar-refractivity contribution in [2.24, 2.45) is 0 Å². The molecule has 8 bridgehead atoms. The molecule has 6 heteroatoms. The molecule has 2 aliphatic heterocycles. The van der Waals surface area contributed by atoms with Crippen molar-refractivity contribution in [2.45, 2.75) is 0 Å². The van der Waals surface area contributed by atoms with Crippen molar-refractivity contribution in [2.75, 3.05) is 0 Å². The van der Waals surface area contributed by atoms with Crippen LogP contribution in [-0.2, 0) is 15.7 Å². The Balaban J connectivity index is 0.000000250. The van der Waals surface area contributed by atoms with E-state index in [9.17, 15) is 0 Å². The summed E-state index contributed by atoms with van der Waals surface area (Å²) in [7, 11) is 0. The molecule has 2 N–H and O–H groups in total. The molecule has 2 aliphatic rings. The molecule has 0 aromatic carbocycles. The monoisotopic (exact) mass is 447 g/mol. The predicted octanol–water partition coefficient (Wildman–Crippen LogP) is 4.91. The van der Waals surface area contributed by atoms with Crippen molar-refractivity contribution < 1.29 is 15.7 Å². The number of hydrogen-bond acceptors (Lipinski definition) is 3. The molecule has 0 radical (unpaired) electrons. The van der Waals surface area contributed by atoms with Gasteiger partial charge < -0.3 is 9.97 Å². The second-order valence-corrected chi connectivity index (χ2v) is 7.57. The normalized spacial score (nSPS) is 11.8. The number of fused-ring (bicyclic) bond motifs is 8. The number of H-pyrrole nitrogens is 2. The predicted molar refractivity (Wildman–Crippen MR) is 123 cm³/mol. The van der Waals surface area contributed by atoms with Crippen LogP contribution in [0.15, 0.2) is 72.9 Å². The third-order valence-corrected chi connectivity index (χ3v) is 4.97. The number of hydrogen-bond donors (Lipinski definition) is 2. The summed E-state index contributed by atoms with van der Waals surface area (Å²) in [5.74, 6) is 0. The molecule has 31 heavy (non-hydrogen) atoms. The zero-order valence-electron chi connectivity index (χ0n) is 16.4. The Morgan fingerprint density at radius 1 is 0.548 bits per heavy atom. The van der Waals surface area contributed by atoms with Crippen molar-refractivity contribution in [3.8, 4) is 0 Å². The third kappa shape index (κ3) is 4.88. The fraction of sp³-hybridized carbons (Fsp3) is 0. The number of pyridine rings is 1. The van der Waals surface area contributed by atoms with E-state index in [1.807, 2.05) is 66.8 Å². The summed E-state index contributed by atoms with van der Waals surface area (Å²) < 4.78 is 0.759. The van der Waals surface area contributed by atoms with E-state index in [0.717, 1.165) is 49.5 Å². The quantitative estimate of drug-likeness (QED) is 0.348. The molecule has 0 atom stereocenters. The van der Waals surface area contributed by atoms with Gasteiger partial charge in [0.25, 0.3) is 0 Å². The van der Waals surface area contributed by atoms with E-state index in [1.54, 1.807) is 6.20 Å². The van der Waals surface area contributed by atoms with E-state index in [2.05, 4.69) is 64.9 Å². The van der Waals surface area contributed by atoms with Gasteiger partial charge in [0.05, 0.1) is 22.8 Å². The van der Waals surface area contributed by atoms with Gasteiger partial charge in [0, 0.05) is 22.1 Å². The first-order chi connectivity index (χ1) is 15.2. The van der Waals surface area contributed by atoms with Gasteiger partial charge in [-0.15, -0.1) is 0 Å². The molecular weight excluding hydrogens is 429 g/mol. The summed E-state index contributed by atoms with van der Waals surface area (Å²) in [6.07, 6.45) is 9.80. The molecule has 6 rings (SSSR count). The first kappa shape index (κ1) is 19.2. The summed E-state index contributed by atoms with van der Waals surface area (Å²) in [5.41, 5.74) is 7.86. The van der Waals surface area contributed by atoms with Crippen molar-refractivity contribution >= 4 is 51.0 Å². The number of aromatic nitrogens is 5. The Morgan fingerprint density at radius 3 is 1.26 bits per heavy atom. The van der Waals surface area contributed by atoms with Crippen LogP contribution >= 0.6 is 0 Å². The van der Waals surface area contributed by atoms with Gasteiger partial charge >= 0.3 is 49.7 Å². The molecule has 152 valence electrons. The molecule has 0 saturated carbocycles. The van der Waals surface area contributed by atoms with Crippen LogP contribution in [0.2, 0.25) is 0 Å². The van der Waals surface area contributed by atoms with E-state index < -0.39 is 0 Å². The Hall–Kier alpha value is -3.74. The van der Waals surface area contributed by atoms with Crippen LogP contribution in [0, 0.1) is 0 Å². The second-order valence-electron chi connectivity index (χ2n) is 7.03. The molecule has 4 aromatic heterocycles. The van der Waals surface area contributed by atoms with Gasteiger partial charge in [-0.05, 0) is 72.8 Å². The molecule has 0 saturated heterocycles. The van der Waals surface area contributed by atoms with Gasteiger partial charge in [-0.2, -0.15) is 0 Å². The Labute approximate surface area is 187 Å². The Bertz CT molecular complexity index is 1270. The molecule has 6 heterocycles. The van der Waals surface area contributed by atoms with Crippen LogP contribution in [0.25, 0.3) is 46.4 Å². The van der Waals surface area contributed by atoms with Crippen LogP contribution in [0.3, 0.4) is 0 Å². The van der Waals surface area contributed by atoms with Gasteiger partial charge in [-0.25, -0.2) is 9.97 Å². The van der Waals surface area contributed by atoms with Gasteiger partial charge in [-0.1, -0.05) is 0 Å². The molecule has 0 unspecified atom stereocenters. The fourth-order valence-electron chi connectivity index (χ4n) is 3.28. The molecule has 0 spiro atoms. The van der Waals surface area contributed by atoms with Crippen molar-refractivity contribution in [3.05, 3.63) is 95.7 Å². The van der Waals surface area contributed by atoms with Gasteiger partial charge in [0.15, 0.2) is 0 Å². The Morgan fingerprint density at radius 2 is 0.968 bits per heavy atom. The zero-order valence-corrected chi connectivity index (χ0v) is 17.5. The van der Waals surface area contributed by atoms with Gasteiger partial charge in [0.1, 0.15) is 0 Å². The number of nitrogens with one attached hydrogen (secondary N) is 2. The molecule has 0 fully saturated rings. The summed E-state index contributed by atoms with van der Waals surface area (Å²) in [5, 5.41) is 0. The minimum atomic E-state index is 0.759. The number of nitrogens with zero attached hydrogens (tertiary/aromatic N) is 3. The maximum atomic E-state index is 4.63. The number of aromatic amines is 2. The average molecular weight is 447 g/mol. The standard InChI is InChI=1S/C20H14N4.C5H4N.Co/c1-2-14-10-16-5-6-18(23-16)12-20-8-7-19(24-20)11-17-4-3-15(22-17)9-13(1)21-14;1-2-4-6-5-3-1;/h1-12,21,24H;1-4H;. The average Bonchev–Trinajstić information content (AvgIpc) is 3.55. The van der Waals surface area contributed by atoms with Crippen LogP contribution in [-0.4, -0.2) is 24.9 Å². The summed E-state index contributed by atoms with van der Waals surface area (Å²) in [6.45, 7) is 0. The van der Waals surface area contributed by atoms with E-state index in [0.29, 0.717) is 0 Å². The summed E-state index contributed by atoms with van der Waals surface area (Å²) >= 11 is 4.02. The molecule has 0 aliphatic carbocycles. The maximum absolute atomic E-state index is 4.63. The van der Waals surface area contributed by atoms with Crippen molar-refractivity contribution in [1.82, 2.24) is 24.9 Å². The third-order valence-electron chi connectivity index (χ3n) is 4.66. The number of rotatable bonds is 0. The van der Waals surface area contributed by atoms with Gasteiger partial charge in [0.2, 0.25) is 0 Å². The Kier molecular flexibility index (Phi) is 5.31. The van der Waals surface area contributed by atoms with Gasteiger partial charge in [-0.3, -0.25) is 0 Å². The van der Waals surface area contributed by atoms with E-state index in [-0.39, 0.29) is 0 Å². The SMILES string of the molecule is C1=Cc2cc3ccc(cc4nc(cc5ccc(cc1n2)[nH]5)C=C4)[nH]3.[Co][c]1ccccn1. The topological polar surface area (TPSA) is 70.2 Å². The van der Waals surface area contributed by atoms with Crippen molar-refractivity contribution in [1.29, 1.82) is 0 Å². The fourth-order valence-corrected chi connectivity index (χ4v) is 3.46. The first-order valence-corrected chi connectivity index (χ1v) is 10.3. The van der Waals surface area contributed by atoms with Crippen molar-refractivity contribution in [3.63, 3.8) is 0 Å². The summed E-state index contributed by atoms with van der Waals surface area (Å²) in [4.78, 5) is 19.9. The van der Waals surface area contributed by atoms with Crippen LogP contribution in [0.5, 0.6) is 0 Å². The summed E-state index contributed by atoms with van der Waals surface area (Å²) in [6, 6.07) is 22.0. The zero-order chi connectivity index (χ0) is 21.0. The van der Waals surface area contributed by atoms with Crippen LogP contribution in [0.1, 0.15) is 22.8 Å².